The van der Waals surface area contributed by atoms with Crippen LogP contribution >= 0.6 is 0 Å². The third-order valence-corrected chi connectivity index (χ3v) is 28.3. The van der Waals surface area contributed by atoms with Gasteiger partial charge in [0.25, 0.3) is 0 Å². The van der Waals surface area contributed by atoms with Crippen LogP contribution in [0.4, 0.5) is 0 Å². The molecule has 4 unspecified atom stereocenters. The van der Waals surface area contributed by atoms with Crippen LogP contribution in [0.25, 0.3) is 0 Å². The number of rotatable bonds is 6. The molecule has 0 N–H and O–H groups in total. The molecule has 0 aliphatic heterocycles. The van der Waals surface area contributed by atoms with Crippen LogP contribution in [0.1, 0.15) is 447 Å². The first-order valence-corrected chi connectivity index (χ1v) is 41.6. The topological polar surface area (TPSA) is 0 Å². The third-order valence-electron chi connectivity index (χ3n) is 28.3. The fourth-order valence-electron chi connectivity index (χ4n) is 19.7. The Labute approximate surface area is 559 Å². The predicted molar refractivity (Wildman–Crippen MR) is 401 cm³/mol. The molecule has 0 aromatic carbocycles. The quantitative estimate of drug-likeness (QED) is 0.249. The molecule has 13 aliphatic carbocycles. The summed E-state index contributed by atoms with van der Waals surface area (Å²) in [5, 5.41) is 0. The second kappa shape index (κ2) is 43.2. The van der Waals surface area contributed by atoms with Gasteiger partial charge in [0, 0.05) is 0 Å². The van der Waals surface area contributed by atoms with Gasteiger partial charge in [0.05, 0.1) is 0 Å². The number of hydrogen-bond donors (Lipinski definition) is 0. The van der Waals surface area contributed by atoms with Crippen LogP contribution in [0, 0.1) is 116 Å². The summed E-state index contributed by atoms with van der Waals surface area (Å²) in [6, 6.07) is 0. The van der Waals surface area contributed by atoms with E-state index in [1.165, 1.54) is 250 Å². The van der Waals surface area contributed by atoms with Gasteiger partial charge in [-0.2, -0.15) is 0 Å². The van der Waals surface area contributed by atoms with Gasteiger partial charge in [-0.25, -0.2) is 0 Å². The molecule has 524 valence electrons. The van der Waals surface area contributed by atoms with E-state index in [0.29, 0.717) is 16.2 Å². The summed E-state index contributed by atoms with van der Waals surface area (Å²) in [6.07, 6.45) is 69.6. The van der Waals surface area contributed by atoms with Crippen molar-refractivity contribution in [1.29, 1.82) is 0 Å². The summed E-state index contributed by atoms with van der Waals surface area (Å²) in [5.41, 5.74) is 3.47. The monoisotopic (exact) mass is 1230 g/mol. The molecule has 13 rings (SSSR count). The molecule has 0 nitrogen and oxygen atoms in total. The van der Waals surface area contributed by atoms with E-state index in [4.69, 9.17) is 0 Å². The molecule has 4 bridgehead atoms. The Kier molecular flexibility index (Phi) is 40.4. The first kappa shape index (κ1) is 82.2. The van der Waals surface area contributed by atoms with Gasteiger partial charge in [0.1, 0.15) is 0 Å². The fourth-order valence-corrected chi connectivity index (χ4v) is 19.7. The maximum atomic E-state index is 2.44. The summed E-state index contributed by atoms with van der Waals surface area (Å²) in [6.45, 7) is 49.7. The molecular weight excluding hydrogens is 1060 g/mol. The van der Waals surface area contributed by atoms with Crippen molar-refractivity contribution in [2.24, 2.45) is 116 Å². The maximum Gasteiger partial charge on any atom is -0.0328 e. The zero-order valence-corrected chi connectivity index (χ0v) is 65.4. The van der Waals surface area contributed by atoms with Crippen LogP contribution in [0.3, 0.4) is 0 Å². The molecule has 7 atom stereocenters. The van der Waals surface area contributed by atoms with Crippen molar-refractivity contribution < 1.29 is 0 Å². The summed E-state index contributed by atoms with van der Waals surface area (Å²) in [4.78, 5) is 0. The Morgan fingerprint density at radius 2 is 0.841 bits per heavy atom. The fraction of sp³-hybridized carbons (Fsp3) is 1.00. The maximum absolute atomic E-state index is 2.44. The van der Waals surface area contributed by atoms with Crippen LogP contribution < -0.4 is 0 Å². The Hall–Kier alpha value is 0. The van der Waals surface area contributed by atoms with E-state index in [1.54, 1.807) is 51.4 Å². The predicted octanol–water partition coefficient (Wildman–Crippen LogP) is 31.0. The van der Waals surface area contributed by atoms with Gasteiger partial charge in [0.2, 0.25) is 0 Å². The van der Waals surface area contributed by atoms with Gasteiger partial charge in [-0.1, -0.05) is 344 Å². The van der Waals surface area contributed by atoms with Crippen LogP contribution in [0.15, 0.2) is 0 Å². The van der Waals surface area contributed by atoms with Crippen LogP contribution in [0.5, 0.6) is 0 Å². The normalized spacial score (nSPS) is 34.6. The zero-order valence-electron chi connectivity index (χ0n) is 65.4. The second-order valence-electron chi connectivity index (χ2n) is 38.1. The van der Waals surface area contributed by atoms with Gasteiger partial charge in [-0.3, -0.25) is 0 Å². The summed E-state index contributed by atoms with van der Waals surface area (Å²) in [7, 11) is 0. The number of fused-ring (bicyclic) bond motifs is 4. The summed E-state index contributed by atoms with van der Waals surface area (Å²) in [5.74, 6) is 15.9. The van der Waals surface area contributed by atoms with Crippen LogP contribution in [-0.4, -0.2) is 0 Å². The first-order valence-electron chi connectivity index (χ1n) is 41.6. The van der Waals surface area contributed by atoms with Gasteiger partial charge < -0.3 is 0 Å². The highest BCUT2D eigenvalue weighted by molar-refractivity contribution is 4.90. The molecule has 0 amide bonds. The van der Waals surface area contributed by atoms with E-state index in [2.05, 4.69) is 145 Å². The van der Waals surface area contributed by atoms with Crippen molar-refractivity contribution in [2.45, 2.75) is 447 Å². The van der Waals surface area contributed by atoms with Gasteiger partial charge >= 0.3 is 0 Å². The molecule has 0 aromatic rings. The Morgan fingerprint density at radius 3 is 1.06 bits per heavy atom. The minimum Gasteiger partial charge on any atom is -0.0654 e. The van der Waals surface area contributed by atoms with E-state index in [9.17, 15) is 0 Å². The highest BCUT2D eigenvalue weighted by Gasteiger charge is 2.39. The van der Waals surface area contributed by atoms with E-state index in [-0.39, 0.29) is 0 Å². The molecule has 0 heteroatoms. The molecule has 0 heterocycles. The van der Waals surface area contributed by atoms with Crippen LogP contribution in [0.2, 0.25) is 0 Å². The van der Waals surface area contributed by atoms with Gasteiger partial charge in [0.15, 0.2) is 0 Å². The molecule has 88 heavy (non-hydrogen) atoms. The average molecular weight is 1230 g/mol. The van der Waals surface area contributed by atoms with Crippen LogP contribution in [-0.2, 0) is 0 Å². The van der Waals surface area contributed by atoms with E-state index in [1.807, 2.05) is 0 Å². The van der Waals surface area contributed by atoms with Crippen molar-refractivity contribution in [1.82, 2.24) is 0 Å². The Bertz CT molecular complexity index is 1560. The summed E-state index contributed by atoms with van der Waals surface area (Å²) >= 11 is 0. The lowest BCUT2D eigenvalue weighted by molar-refractivity contribution is 0.244. The Morgan fingerprint density at radius 1 is 0.364 bits per heavy atom. The van der Waals surface area contributed by atoms with Gasteiger partial charge in [-0.15, -0.1) is 0 Å². The van der Waals surface area contributed by atoms with Crippen molar-refractivity contribution in [3.05, 3.63) is 0 Å². The third kappa shape index (κ3) is 33.6. The van der Waals surface area contributed by atoms with Crippen molar-refractivity contribution in [3.63, 3.8) is 0 Å². The molecule has 0 saturated heterocycles. The van der Waals surface area contributed by atoms with E-state index >= 15 is 0 Å². The molecule has 13 aliphatic rings. The standard InChI is InChI=1S/2C8H14.9C8H16/c1-6-4-7-2-3-8(6)5-7;1-6-7-2-3-8(6)5-4-7;1-7-4-5-8(2,3)6-7;1-7-5-4-6-8(7,2)3;1-7-3-5-8(2)6-4-7;1-8(2)6-4-3-5-7-8;1-7(2)8-5-3-4-6-8;2*1-3-8(2)6-4-5-7-8;1-3-8-6-4-5-7(8)2;1-2-5-8-6-3-4-7-8/h2*6-8H,2-5H2,1H3;2*7H,4-6H2,1-3H3;7-8H,3-6H2,1-2H3;3-7H2,1-2H3;7-8H,3-6H2,1-2H3;2*3-7H2,1-2H3;7-8H,3-6H2,1-2H3;8H,2-7H2,1H3/t6-,7?,8?;;2*7-;;;;;;;/m0.00......./s1. The Balaban J connectivity index is 0.000000253. The molecule has 13 fully saturated rings. The lowest BCUT2D eigenvalue weighted by atomic mass is 9.78. The zero-order chi connectivity index (χ0) is 65.4. The van der Waals surface area contributed by atoms with Crippen molar-refractivity contribution in [2.75, 3.05) is 0 Å². The minimum atomic E-state index is 0.653. The lowest BCUT2D eigenvalue weighted by Crippen LogP contribution is -2.14. The smallest absolute Gasteiger partial charge is 0.0328 e. The van der Waals surface area contributed by atoms with Gasteiger partial charge in [-0.05, 0) is 219 Å². The SMILES string of the molecule is CC(C)C1CCCC1.CC1(C)CCCCC1.CC1C2CCC1CC2.CC1CCC(C)CC1.CCC1(C)CCCC1.CCC1(C)CCCC1.CCC1CCCC1C.CCCC1CCCC1.C[C@H]1CC2CCC1C2.C[C@H]1CCC(C)(C)C1.C[C@H]1CCCC1(C)C. The first-order chi connectivity index (χ1) is 41.6. The highest BCUT2D eigenvalue weighted by Crippen LogP contribution is 2.50. The van der Waals surface area contributed by atoms with E-state index < -0.39 is 0 Å². The van der Waals surface area contributed by atoms with E-state index in [0.717, 1.165) is 99.6 Å². The largest absolute Gasteiger partial charge is 0.0654 e. The molecule has 0 spiro atoms. The minimum absolute atomic E-state index is 0.653. The molecular formula is C88H172. The molecule has 0 radical (unpaired) electrons. The molecule has 13 saturated carbocycles. The number of hydrogen-bond acceptors (Lipinski definition) is 0. The molecule has 0 aromatic heterocycles. The average Bonchev–Trinajstić information content (AvgIpc) is 4.36. The highest BCUT2D eigenvalue weighted by atomic mass is 14.4. The second-order valence-corrected chi connectivity index (χ2v) is 38.1. The van der Waals surface area contributed by atoms with Crippen molar-refractivity contribution >= 4 is 0 Å². The summed E-state index contributed by atoms with van der Waals surface area (Å²) < 4.78 is 0. The van der Waals surface area contributed by atoms with Crippen molar-refractivity contribution in [3.8, 4) is 0 Å². The lowest BCUT2D eigenvalue weighted by Gasteiger charge is -2.28.